The van der Waals surface area contributed by atoms with Gasteiger partial charge < -0.3 is 35.2 Å². The van der Waals surface area contributed by atoms with Gasteiger partial charge in [0.2, 0.25) is 5.67 Å². The molecule has 1 aliphatic rings. The van der Waals surface area contributed by atoms with Crippen molar-refractivity contribution in [2.45, 2.75) is 17.9 Å². The van der Waals surface area contributed by atoms with Crippen LogP contribution in [0.1, 0.15) is 5.69 Å². The van der Waals surface area contributed by atoms with E-state index in [0.29, 0.717) is 0 Å². The first-order valence-corrected chi connectivity index (χ1v) is 12.5. The number of aliphatic hydroxyl groups is 1. The fourth-order valence-electron chi connectivity index (χ4n) is 2.80. The molecule has 2 aromatic heterocycles. The van der Waals surface area contributed by atoms with Crippen molar-refractivity contribution in [1.29, 1.82) is 0 Å². The van der Waals surface area contributed by atoms with Gasteiger partial charge in [-0.2, -0.15) is 13.7 Å². The molecule has 0 radical (unpaired) electrons. The van der Waals surface area contributed by atoms with Gasteiger partial charge in [-0.1, -0.05) is 0 Å². The summed E-state index contributed by atoms with van der Waals surface area (Å²) in [6, 6.07) is 2.68. The average molecular weight is 508 g/mol. The van der Waals surface area contributed by atoms with Gasteiger partial charge in [0.25, 0.3) is 0 Å². The summed E-state index contributed by atoms with van der Waals surface area (Å²) in [5, 5.41) is 14.2. The number of nitrogen functional groups attached to an aromatic ring is 1. The molecule has 5 unspecified atom stereocenters. The van der Waals surface area contributed by atoms with E-state index in [9.17, 15) is 23.7 Å². The number of halogens is 1. The Morgan fingerprint density at radius 1 is 1.23 bits per heavy atom. The van der Waals surface area contributed by atoms with Gasteiger partial charge in [0.05, 0.1) is 18.9 Å². The van der Waals surface area contributed by atoms with Gasteiger partial charge in [0, 0.05) is 0 Å². The van der Waals surface area contributed by atoms with E-state index in [2.05, 4.69) is 23.2 Å². The molecule has 0 aliphatic carbocycles. The molecule has 0 bridgehead atoms. The van der Waals surface area contributed by atoms with Crippen molar-refractivity contribution in [3.05, 3.63) is 24.2 Å². The number of rotatable bonds is 8. The van der Waals surface area contributed by atoms with Crippen LogP contribution in [0.25, 0.3) is 5.52 Å². The van der Waals surface area contributed by atoms with E-state index >= 15 is 4.39 Å². The van der Waals surface area contributed by atoms with Crippen LogP contribution in [-0.2, 0) is 37.2 Å². The number of phosphoric acid groups is 3. The van der Waals surface area contributed by atoms with Crippen LogP contribution in [-0.4, -0.2) is 64.7 Å². The topological polar surface area (TPSA) is 245 Å². The monoisotopic (exact) mass is 508 g/mol. The summed E-state index contributed by atoms with van der Waals surface area (Å²) in [5.41, 5.74) is 3.20. The van der Waals surface area contributed by atoms with Crippen LogP contribution in [0.15, 0.2) is 18.5 Å². The third-order valence-electron chi connectivity index (χ3n) is 4.05. The molecule has 7 N–H and O–H groups in total. The van der Waals surface area contributed by atoms with E-state index in [0.717, 1.165) is 10.8 Å². The predicted octanol–water partition coefficient (Wildman–Crippen LogP) is -0.421. The number of alkyl halides is 1. The van der Waals surface area contributed by atoms with Crippen molar-refractivity contribution >= 4 is 34.8 Å². The van der Waals surface area contributed by atoms with Crippen LogP contribution in [0, 0.1) is 0 Å². The predicted molar refractivity (Wildman–Crippen MR) is 95.7 cm³/mol. The Morgan fingerprint density at radius 3 is 2.55 bits per heavy atom. The molecule has 2 aromatic rings. The molecule has 16 nitrogen and oxygen atoms in total. The number of hydrogen-bond donors (Lipinski definition) is 6. The lowest BCUT2D eigenvalue weighted by molar-refractivity contribution is -0.0165. The second-order valence-electron chi connectivity index (χ2n) is 6.20. The number of hydrogen-bond acceptors (Lipinski definition) is 11. The second-order valence-corrected chi connectivity index (χ2v) is 10.6. The number of aromatic nitrogens is 3. The Bertz CT molecular complexity index is 1120. The average Bonchev–Trinajstić information content (AvgIpc) is 3.14. The van der Waals surface area contributed by atoms with Crippen LogP contribution in [0.4, 0.5) is 10.2 Å². The summed E-state index contributed by atoms with van der Waals surface area (Å²) >= 11 is 0. The molecule has 0 aromatic carbocycles. The lowest BCUT2D eigenvalue weighted by atomic mass is 9.95. The number of nitrogens with two attached hydrogens (primary N) is 1. The van der Waals surface area contributed by atoms with Gasteiger partial charge in [0.15, 0.2) is 5.82 Å². The number of fused-ring (bicyclic) bond motifs is 1. The summed E-state index contributed by atoms with van der Waals surface area (Å²) in [7, 11) is -16.7. The maximum Gasteiger partial charge on any atom is 0.490 e. The number of ether oxygens (including phenoxy) is 1. The van der Waals surface area contributed by atoms with Gasteiger partial charge in [-0.05, 0) is 12.1 Å². The number of phosphoric ester groups is 1. The van der Waals surface area contributed by atoms with E-state index in [-0.39, 0.29) is 17.0 Å². The van der Waals surface area contributed by atoms with Crippen molar-refractivity contribution in [1.82, 2.24) is 14.6 Å². The number of anilines is 1. The summed E-state index contributed by atoms with van der Waals surface area (Å²) in [6.07, 6.45) is -2.46. The minimum absolute atomic E-state index is 0.0439. The molecule has 174 valence electrons. The first-order chi connectivity index (χ1) is 14.1. The first kappa shape index (κ1) is 24.3. The zero-order chi connectivity index (χ0) is 23.2. The zero-order valence-corrected chi connectivity index (χ0v) is 17.7. The van der Waals surface area contributed by atoms with Crippen molar-refractivity contribution < 1.29 is 60.6 Å². The quantitative estimate of drug-likeness (QED) is 0.248. The van der Waals surface area contributed by atoms with Crippen LogP contribution in [0.5, 0.6) is 0 Å². The van der Waals surface area contributed by atoms with Gasteiger partial charge in [0.1, 0.15) is 24.1 Å². The van der Waals surface area contributed by atoms with E-state index in [4.69, 9.17) is 25.2 Å². The van der Waals surface area contributed by atoms with Gasteiger partial charge in [-0.3, -0.25) is 4.52 Å². The largest absolute Gasteiger partial charge is 0.490 e. The molecule has 1 fully saturated rings. The third kappa shape index (κ3) is 5.37. The first-order valence-electron chi connectivity index (χ1n) is 7.99. The summed E-state index contributed by atoms with van der Waals surface area (Å²) in [6.45, 7) is -1.74. The lowest BCUT2D eigenvalue weighted by Gasteiger charge is -2.24. The Labute approximate surface area is 171 Å². The molecule has 0 spiro atoms. The molecular formula is C11H16FN4O12P3. The van der Waals surface area contributed by atoms with Crippen LogP contribution >= 0.6 is 23.5 Å². The summed E-state index contributed by atoms with van der Waals surface area (Å²) < 4.78 is 66.9. The molecule has 0 amide bonds. The highest BCUT2D eigenvalue weighted by Crippen LogP contribution is 2.66. The summed E-state index contributed by atoms with van der Waals surface area (Å²) in [5.74, 6) is 0.0439. The Balaban J connectivity index is 1.70. The van der Waals surface area contributed by atoms with Crippen molar-refractivity contribution in [2.75, 3.05) is 18.9 Å². The minimum Gasteiger partial charge on any atom is -0.386 e. The van der Waals surface area contributed by atoms with Crippen molar-refractivity contribution in [3.63, 3.8) is 0 Å². The van der Waals surface area contributed by atoms with Gasteiger partial charge >= 0.3 is 23.5 Å². The van der Waals surface area contributed by atoms with Gasteiger partial charge in [-0.15, -0.1) is 0 Å². The van der Waals surface area contributed by atoms with E-state index in [1.807, 2.05) is 0 Å². The van der Waals surface area contributed by atoms with E-state index in [1.165, 1.54) is 12.1 Å². The molecule has 1 aliphatic heterocycles. The molecule has 1 saturated heterocycles. The normalized spacial score (nSPS) is 28.5. The second kappa shape index (κ2) is 8.23. The standard InChI is InChI=1S/C11H16FN4O12P3/c12-11(8-2-1-6-10(13)14-5-15-16(6)8)4-25-7(9(11)17)3-26-30(21,22)28-31(23,24)27-29(18,19)20/h1-2,5,7,9,17H,3-4H2,(H,21,22)(H,23,24)(H2,13,14,15)(H2,18,19,20). The maximum absolute atomic E-state index is 15.6. The summed E-state index contributed by atoms with van der Waals surface area (Å²) in [4.78, 5) is 39.3. The third-order valence-corrected chi connectivity index (χ3v) is 7.86. The van der Waals surface area contributed by atoms with Crippen molar-refractivity contribution in [3.8, 4) is 0 Å². The number of aliphatic hydroxyl groups excluding tert-OH is 1. The molecular weight excluding hydrogens is 492 g/mol. The van der Waals surface area contributed by atoms with Gasteiger partial charge in [-0.25, -0.2) is 27.6 Å². The van der Waals surface area contributed by atoms with E-state index in [1.54, 1.807) is 0 Å². The SMILES string of the molecule is Nc1ncnn2c(C3(F)COC(COP(=O)(O)OP(=O)(O)OP(=O)(O)O)C3O)ccc12. The smallest absolute Gasteiger partial charge is 0.386 e. The highest BCUT2D eigenvalue weighted by atomic mass is 31.3. The Kier molecular flexibility index (Phi) is 6.46. The molecule has 3 rings (SSSR count). The van der Waals surface area contributed by atoms with Crippen LogP contribution in [0.2, 0.25) is 0 Å². The molecule has 0 saturated carbocycles. The molecule has 31 heavy (non-hydrogen) atoms. The molecule has 5 atom stereocenters. The fraction of sp³-hybridized carbons (Fsp3) is 0.455. The minimum atomic E-state index is -5.72. The van der Waals surface area contributed by atoms with E-state index < -0.39 is 54.6 Å². The number of nitrogens with zero attached hydrogens (tertiary/aromatic N) is 3. The molecule has 20 heteroatoms. The highest BCUT2D eigenvalue weighted by Gasteiger charge is 2.54. The van der Waals surface area contributed by atoms with Crippen LogP contribution in [0.3, 0.4) is 0 Å². The van der Waals surface area contributed by atoms with Crippen LogP contribution < -0.4 is 5.73 Å². The lowest BCUT2D eigenvalue weighted by Crippen LogP contribution is -2.40. The highest BCUT2D eigenvalue weighted by molar-refractivity contribution is 7.66. The zero-order valence-electron chi connectivity index (χ0n) is 15.0. The van der Waals surface area contributed by atoms with Crippen molar-refractivity contribution in [2.24, 2.45) is 0 Å². The Morgan fingerprint density at radius 2 is 1.90 bits per heavy atom. The Hall–Kier alpha value is -1.32. The maximum atomic E-state index is 15.6. The molecule has 3 heterocycles. The fourth-order valence-corrected chi connectivity index (χ4v) is 5.83.